The second-order valence-electron chi connectivity index (χ2n) is 7.51. The Balaban J connectivity index is 1.66. The van der Waals surface area contributed by atoms with E-state index in [2.05, 4.69) is 15.6 Å². The Bertz CT molecular complexity index is 745. The number of methoxy groups -OCH3 is 1. The van der Waals surface area contributed by atoms with E-state index in [1.807, 2.05) is 0 Å². The van der Waals surface area contributed by atoms with Crippen LogP contribution in [-0.2, 0) is 15.1 Å². The Hall–Kier alpha value is -2.61. The van der Waals surface area contributed by atoms with Crippen LogP contribution in [0.15, 0.2) is 24.3 Å². The molecule has 2 aliphatic heterocycles. The van der Waals surface area contributed by atoms with Gasteiger partial charge in [0, 0.05) is 0 Å². The Labute approximate surface area is 165 Å². The van der Waals surface area contributed by atoms with E-state index in [0.29, 0.717) is 11.3 Å². The summed E-state index contributed by atoms with van der Waals surface area (Å²) in [6.07, 6.45) is 5.70. The molecule has 3 rings (SSSR count). The molecule has 28 heavy (non-hydrogen) atoms. The van der Waals surface area contributed by atoms with E-state index < -0.39 is 17.5 Å². The second-order valence-corrected chi connectivity index (χ2v) is 7.51. The summed E-state index contributed by atoms with van der Waals surface area (Å²) in [5.41, 5.74) is 1.80. The van der Waals surface area contributed by atoms with Crippen molar-refractivity contribution >= 4 is 17.8 Å². The quantitative estimate of drug-likeness (QED) is 0.750. The molecule has 2 N–H and O–H groups in total. The van der Waals surface area contributed by atoms with E-state index in [1.54, 1.807) is 31.2 Å². The lowest BCUT2D eigenvalue weighted by Crippen LogP contribution is -2.51. The second kappa shape index (κ2) is 8.60. The number of likely N-dealkylation sites (tertiary alicyclic amines) is 1. The van der Waals surface area contributed by atoms with Gasteiger partial charge in [0.25, 0.3) is 11.8 Å². The Morgan fingerprint density at radius 3 is 2.54 bits per heavy atom. The number of nitrogens with one attached hydrogen (secondary N) is 2. The van der Waals surface area contributed by atoms with E-state index in [-0.39, 0.29) is 12.5 Å². The third kappa shape index (κ3) is 4.27. The van der Waals surface area contributed by atoms with Crippen LogP contribution >= 0.6 is 0 Å². The van der Waals surface area contributed by atoms with Crippen molar-refractivity contribution in [2.24, 2.45) is 0 Å². The zero-order chi connectivity index (χ0) is 20.1. The van der Waals surface area contributed by atoms with Gasteiger partial charge in [0.05, 0.1) is 13.7 Å². The van der Waals surface area contributed by atoms with Crippen LogP contribution in [0.25, 0.3) is 0 Å². The van der Waals surface area contributed by atoms with Crippen molar-refractivity contribution in [1.29, 1.82) is 0 Å². The number of amides is 4. The molecule has 0 bridgehead atoms. The summed E-state index contributed by atoms with van der Waals surface area (Å²) in [5.74, 6) is -0.300. The van der Waals surface area contributed by atoms with Crippen LogP contribution in [0.5, 0.6) is 5.75 Å². The van der Waals surface area contributed by atoms with Crippen LogP contribution in [0.1, 0.15) is 44.6 Å². The highest BCUT2D eigenvalue weighted by Gasteiger charge is 2.50. The van der Waals surface area contributed by atoms with Gasteiger partial charge in [-0.2, -0.15) is 5.01 Å². The molecule has 1 atom stereocenters. The van der Waals surface area contributed by atoms with Gasteiger partial charge >= 0.3 is 6.03 Å². The predicted octanol–water partition coefficient (Wildman–Crippen LogP) is 1.76. The van der Waals surface area contributed by atoms with Crippen molar-refractivity contribution in [3.8, 4) is 5.75 Å². The van der Waals surface area contributed by atoms with Crippen molar-refractivity contribution in [2.45, 2.75) is 44.6 Å². The molecule has 0 aliphatic carbocycles. The number of hydrogen-bond donors (Lipinski definition) is 2. The minimum Gasteiger partial charge on any atom is -0.497 e. The number of rotatable bonds is 5. The molecule has 152 valence electrons. The first-order chi connectivity index (χ1) is 13.4. The Morgan fingerprint density at radius 1 is 1.18 bits per heavy atom. The Kier molecular flexibility index (Phi) is 6.18. The van der Waals surface area contributed by atoms with Crippen molar-refractivity contribution < 1.29 is 19.1 Å². The summed E-state index contributed by atoms with van der Waals surface area (Å²) < 4.78 is 5.20. The summed E-state index contributed by atoms with van der Waals surface area (Å²) in [6, 6.07) is 6.31. The highest BCUT2D eigenvalue weighted by molar-refractivity contribution is 6.08. The highest BCUT2D eigenvalue weighted by atomic mass is 16.5. The maximum atomic E-state index is 12.9. The topological polar surface area (TPSA) is 91.0 Å². The third-order valence-electron chi connectivity index (χ3n) is 5.39. The molecular weight excluding hydrogens is 360 g/mol. The van der Waals surface area contributed by atoms with Gasteiger partial charge in [0.15, 0.2) is 0 Å². The first-order valence-corrected chi connectivity index (χ1v) is 9.77. The average molecular weight is 388 g/mol. The molecule has 8 nitrogen and oxygen atoms in total. The van der Waals surface area contributed by atoms with Gasteiger partial charge in [0.2, 0.25) is 0 Å². The average Bonchev–Trinajstić information content (AvgIpc) is 2.88. The van der Waals surface area contributed by atoms with Crippen LogP contribution in [-0.4, -0.2) is 54.5 Å². The summed E-state index contributed by atoms with van der Waals surface area (Å²) in [7, 11) is 1.54. The minimum absolute atomic E-state index is 0.174. The van der Waals surface area contributed by atoms with E-state index in [0.717, 1.165) is 30.9 Å². The van der Waals surface area contributed by atoms with Crippen molar-refractivity contribution in [3.05, 3.63) is 29.8 Å². The zero-order valence-corrected chi connectivity index (χ0v) is 16.5. The first-order valence-electron chi connectivity index (χ1n) is 9.77. The number of hydrazine groups is 1. The summed E-state index contributed by atoms with van der Waals surface area (Å²) in [5, 5.41) is 3.46. The monoisotopic (exact) mass is 388 g/mol. The molecule has 0 aromatic heterocycles. The largest absolute Gasteiger partial charge is 0.497 e. The Morgan fingerprint density at radius 2 is 1.86 bits per heavy atom. The minimum atomic E-state index is -1.26. The predicted molar refractivity (Wildman–Crippen MR) is 103 cm³/mol. The van der Waals surface area contributed by atoms with Crippen LogP contribution in [0.4, 0.5) is 4.79 Å². The highest BCUT2D eigenvalue weighted by Crippen LogP contribution is 2.30. The lowest BCUT2D eigenvalue weighted by molar-refractivity contribution is -0.139. The SMILES string of the molecule is COc1cccc([C@]2(C)NC(=O)N(NC(=O)CN3CCCCCCC3)C2=O)c1. The van der Waals surface area contributed by atoms with Crippen LogP contribution < -0.4 is 15.5 Å². The number of hydrogen-bond acceptors (Lipinski definition) is 5. The molecule has 0 unspecified atom stereocenters. The summed E-state index contributed by atoms with van der Waals surface area (Å²) >= 11 is 0. The van der Waals surface area contributed by atoms with Gasteiger partial charge in [-0.3, -0.25) is 19.9 Å². The van der Waals surface area contributed by atoms with E-state index in [1.165, 1.54) is 26.4 Å². The van der Waals surface area contributed by atoms with E-state index in [4.69, 9.17) is 4.74 Å². The van der Waals surface area contributed by atoms with E-state index in [9.17, 15) is 14.4 Å². The number of carbonyl (C=O) groups is 3. The van der Waals surface area contributed by atoms with Gasteiger partial charge in [0.1, 0.15) is 11.3 Å². The fourth-order valence-electron chi connectivity index (χ4n) is 3.70. The molecule has 2 saturated heterocycles. The maximum Gasteiger partial charge on any atom is 0.344 e. The van der Waals surface area contributed by atoms with Gasteiger partial charge in [-0.1, -0.05) is 31.4 Å². The van der Waals surface area contributed by atoms with Crippen LogP contribution in [0.3, 0.4) is 0 Å². The van der Waals surface area contributed by atoms with Gasteiger partial charge in [-0.25, -0.2) is 4.79 Å². The van der Waals surface area contributed by atoms with Crippen molar-refractivity contribution in [3.63, 3.8) is 0 Å². The molecular formula is C20H28N4O4. The number of imide groups is 1. The smallest absolute Gasteiger partial charge is 0.344 e. The normalized spacial score (nSPS) is 23.7. The number of nitrogens with zero attached hydrogens (tertiary/aromatic N) is 2. The summed E-state index contributed by atoms with van der Waals surface area (Å²) in [6.45, 7) is 3.50. The fraction of sp³-hybridized carbons (Fsp3) is 0.550. The number of carbonyl (C=O) groups excluding carboxylic acids is 3. The van der Waals surface area contributed by atoms with E-state index >= 15 is 0 Å². The van der Waals surface area contributed by atoms with Gasteiger partial charge in [-0.15, -0.1) is 0 Å². The zero-order valence-electron chi connectivity index (χ0n) is 16.5. The third-order valence-corrected chi connectivity index (χ3v) is 5.39. The first kappa shape index (κ1) is 20.1. The molecule has 0 radical (unpaired) electrons. The fourth-order valence-corrected chi connectivity index (χ4v) is 3.70. The van der Waals surface area contributed by atoms with Gasteiger partial charge in [-0.05, 0) is 50.6 Å². The molecule has 8 heteroatoms. The molecule has 1 aromatic rings. The van der Waals surface area contributed by atoms with Crippen molar-refractivity contribution in [2.75, 3.05) is 26.7 Å². The van der Waals surface area contributed by atoms with Gasteiger partial charge < -0.3 is 10.1 Å². The van der Waals surface area contributed by atoms with Crippen LogP contribution in [0, 0.1) is 0 Å². The molecule has 2 aliphatic rings. The molecule has 0 spiro atoms. The lowest BCUT2D eigenvalue weighted by atomic mass is 9.92. The summed E-state index contributed by atoms with van der Waals surface area (Å²) in [4.78, 5) is 39.9. The molecule has 2 heterocycles. The molecule has 4 amide bonds. The molecule has 2 fully saturated rings. The molecule has 0 saturated carbocycles. The lowest BCUT2D eigenvalue weighted by Gasteiger charge is -2.25. The van der Waals surface area contributed by atoms with Crippen LogP contribution in [0.2, 0.25) is 0 Å². The number of ether oxygens (including phenoxy) is 1. The number of benzene rings is 1. The number of urea groups is 1. The molecule has 1 aromatic carbocycles. The maximum absolute atomic E-state index is 12.9. The van der Waals surface area contributed by atoms with Crippen molar-refractivity contribution in [1.82, 2.24) is 20.7 Å². The standard InChI is InChI=1S/C20H28N4O4/c1-20(15-9-8-10-16(13-15)28-2)18(26)24(19(27)21-20)22-17(25)14-23-11-6-4-3-5-7-12-23/h8-10,13H,3-7,11-12,14H2,1-2H3,(H,21,27)(H,22,25)/t20-/m0/s1.